The summed E-state index contributed by atoms with van der Waals surface area (Å²) >= 11 is 5.81. The third-order valence-electron chi connectivity index (χ3n) is 3.14. The van der Waals surface area contributed by atoms with Crippen molar-refractivity contribution >= 4 is 17.6 Å². The molecule has 0 saturated carbocycles. The molecule has 0 saturated heterocycles. The molecule has 0 aliphatic carbocycles. The fraction of sp³-hybridized carbons (Fsp3) is 0.133. The van der Waals surface area contributed by atoms with Crippen LogP contribution in [0.2, 0.25) is 5.02 Å². The van der Waals surface area contributed by atoms with Crippen LogP contribution in [0.4, 0.5) is 8.78 Å². The predicted molar refractivity (Wildman–Crippen MR) is 86.3 cm³/mol. The van der Waals surface area contributed by atoms with Crippen LogP contribution >= 0.6 is 11.6 Å². The molecule has 0 spiro atoms. The van der Waals surface area contributed by atoms with Crippen LogP contribution in [0.25, 0.3) is 5.69 Å². The SMILES string of the molecule is O=C(O)c1ccnc(OCc2cn(-c3ccc(Cl)c(OC(F)F)c3)nn2)n1. The molecular formula is C15H10ClF2N5O4. The van der Waals surface area contributed by atoms with Crippen molar-refractivity contribution in [2.75, 3.05) is 0 Å². The second kappa shape index (κ2) is 7.91. The highest BCUT2D eigenvalue weighted by molar-refractivity contribution is 6.32. The van der Waals surface area contributed by atoms with Gasteiger partial charge in [0.1, 0.15) is 18.1 Å². The molecule has 0 fully saturated rings. The lowest BCUT2D eigenvalue weighted by Crippen LogP contribution is -2.05. The Morgan fingerprint density at radius 1 is 1.33 bits per heavy atom. The standard InChI is InChI=1S/C15H10ClF2N5O4/c16-10-2-1-9(5-12(10)27-14(17)18)23-6-8(21-22-23)7-26-15-19-4-3-11(20-15)13(24)25/h1-6,14H,7H2,(H,24,25). The Morgan fingerprint density at radius 3 is 2.89 bits per heavy atom. The third-order valence-corrected chi connectivity index (χ3v) is 3.45. The summed E-state index contributed by atoms with van der Waals surface area (Å²) in [5.41, 5.74) is 0.542. The monoisotopic (exact) mass is 397 g/mol. The molecule has 140 valence electrons. The number of carboxylic acids is 1. The first-order valence-corrected chi connectivity index (χ1v) is 7.65. The fourth-order valence-corrected chi connectivity index (χ4v) is 2.14. The van der Waals surface area contributed by atoms with E-state index in [0.29, 0.717) is 11.4 Å². The van der Waals surface area contributed by atoms with Gasteiger partial charge in [0.05, 0.1) is 16.9 Å². The smallest absolute Gasteiger partial charge is 0.387 e. The number of carbonyl (C=O) groups is 1. The molecule has 2 heterocycles. The van der Waals surface area contributed by atoms with E-state index < -0.39 is 12.6 Å². The van der Waals surface area contributed by atoms with E-state index in [-0.39, 0.29) is 29.1 Å². The lowest BCUT2D eigenvalue weighted by atomic mass is 10.3. The zero-order valence-corrected chi connectivity index (χ0v) is 14.0. The van der Waals surface area contributed by atoms with Crippen LogP contribution in [0.15, 0.2) is 36.7 Å². The van der Waals surface area contributed by atoms with Gasteiger partial charge in [0, 0.05) is 12.3 Å². The summed E-state index contributed by atoms with van der Waals surface area (Å²) in [6.45, 7) is -3.10. The molecule has 0 aliphatic heterocycles. The van der Waals surface area contributed by atoms with Crippen LogP contribution in [0.1, 0.15) is 16.2 Å². The number of nitrogens with zero attached hydrogens (tertiary/aromatic N) is 5. The van der Waals surface area contributed by atoms with E-state index in [1.807, 2.05) is 0 Å². The predicted octanol–water partition coefficient (Wildman–Crippen LogP) is 2.59. The molecule has 0 bridgehead atoms. The number of rotatable bonds is 7. The number of aromatic nitrogens is 5. The minimum absolute atomic E-state index is 0.0261. The average molecular weight is 398 g/mol. The Bertz CT molecular complexity index is 969. The molecule has 2 aromatic heterocycles. The minimum atomic E-state index is -3.01. The van der Waals surface area contributed by atoms with E-state index in [1.54, 1.807) is 6.07 Å². The van der Waals surface area contributed by atoms with Crippen molar-refractivity contribution in [3.05, 3.63) is 53.1 Å². The summed E-state index contributed by atoms with van der Waals surface area (Å²) in [6.07, 6.45) is 2.73. The van der Waals surface area contributed by atoms with Gasteiger partial charge in [-0.3, -0.25) is 0 Å². The van der Waals surface area contributed by atoms with Crippen LogP contribution in [0, 0.1) is 0 Å². The maximum Gasteiger partial charge on any atom is 0.387 e. The molecule has 0 unspecified atom stereocenters. The van der Waals surface area contributed by atoms with Gasteiger partial charge in [-0.25, -0.2) is 14.5 Å². The number of alkyl halides is 2. The molecule has 3 aromatic rings. The maximum absolute atomic E-state index is 12.4. The van der Waals surface area contributed by atoms with Gasteiger partial charge in [0.15, 0.2) is 5.69 Å². The normalized spacial score (nSPS) is 10.8. The Kier molecular flexibility index (Phi) is 5.41. The van der Waals surface area contributed by atoms with Crippen molar-refractivity contribution in [1.82, 2.24) is 25.0 Å². The summed E-state index contributed by atoms with van der Waals surface area (Å²) in [5.74, 6) is -1.41. The fourth-order valence-electron chi connectivity index (χ4n) is 1.98. The Hall–Kier alpha value is -3.34. The molecule has 0 amide bonds. The molecular weight excluding hydrogens is 388 g/mol. The zero-order valence-electron chi connectivity index (χ0n) is 13.3. The minimum Gasteiger partial charge on any atom is -0.477 e. The van der Waals surface area contributed by atoms with Crippen LogP contribution < -0.4 is 9.47 Å². The summed E-state index contributed by atoms with van der Waals surface area (Å²) in [4.78, 5) is 18.4. The van der Waals surface area contributed by atoms with E-state index in [9.17, 15) is 13.6 Å². The molecule has 1 N–H and O–H groups in total. The number of aromatic carboxylic acids is 1. The maximum atomic E-state index is 12.4. The molecule has 9 nitrogen and oxygen atoms in total. The number of ether oxygens (including phenoxy) is 2. The van der Waals surface area contributed by atoms with Crippen LogP contribution in [-0.2, 0) is 6.61 Å². The van der Waals surface area contributed by atoms with Crippen molar-refractivity contribution in [3.8, 4) is 17.4 Å². The highest BCUT2D eigenvalue weighted by atomic mass is 35.5. The van der Waals surface area contributed by atoms with Crippen molar-refractivity contribution in [2.24, 2.45) is 0 Å². The van der Waals surface area contributed by atoms with Crippen LogP contribution in [0.5, 0.6) is 11.8 Å². The first kappa shape index (κ1) is 18.5. The third kappa shape index (κ3) is 4.64. The highest BCUT2D eigenvalue weighted by Crippen LogP contribution is 2.28. The summed E-state index contributed by atoms with van der Waals surface area (Å²) in [5, 5.41) is 16.6. The van der Waals surface area contributed by atoms with E-state index >= 15 is 0 Å². The highest BCUT2D eigenvalue weighted by Gasteiger charge is 2.12. The topological polar surface area (TPSA) is 112 Å². The van der Waals surface area contributed by atoms with Crippen molar-refractivity contribution in [1.29, 1.82) is 0 Å². The second-order valence-electron chi connectivity index (χ2n) is 4.97. The van der Waals surface area contributed by atoms with E-state index in [2.05, 4.69) is 25.0 Å². The molecule has 27 heavy (non-hydrogen) atoms. The number of benzene rings is 1. The lowest BCUT2D eigenvalue weighted by Gasteiger charge is -2.08. The van der Waals surface area contributed by atoms with Crippen LogP contribution in [-0.4, -0.2) is 42.6 Å². The summed E-state index contributed by atoms with van der Waals surface area (Å²) in [6, 6.07) is 5.30. The van der Waals surface area contributed by atoms with Crippen molar-refractivity contribution < 1.29 is 28.2 Å². The van der Waals surface area contributed by atoms with Gasteiger partial charge < -0.3 is 14.6 Å². The van der Waals surface area contributed by atoms with E-state index in [1.165, 1.54) is 35.3 Å². The van der Waals surface area contributed by atoms with E-state index in [4.69, 9.17) is 21.4 Å². The molecule has 12 heteroatoms. The van der Waals surface area contributed by atoms with Gasteiger partial charge in [-0.1, -0.05) is 16.8 Å². The molecule has 0 radical (unpaired) electrons. The zero-order chi connectivity index (χ0) is 19.4. The van der Waals surface area contributed by atoms with Gasteiger partial charge in [0.2, 0.25) is 0 Å². The largest absolute Gasteiger partial charge is 0.477 e. The Balaban J connectivity index is 1.72. The van der Waals surface area contributed by atoms with Gasteiger partial charge in [-0.2, -0.15) is 13.8 Å². The van der Waals surface area contributed by atoms with Gasteiger partial charge in [-0.15, -0.1) is 5.10 Å². The van der Waals surface area contributed by atoms with Gasteiger partial charge in [0.25, 0.3) is 0 Å². The quantitative estimate of drug-likeness (QED) is 0.647. The summed E-state index contributed by atoms with van der Waals surface area (Å²) < 4.78 is 35.7. The van der Waals surface area contributed by atoms with Gasteiger partial charge in [-0.05, 0) is 18.2 Å². The second-order valence-corrected chi connectivity index (χ2v) is 5.37. The summed E-state index contributed by atoms with van der Waals surface area (Å²) in [7, 11) is 0. The number of halogens is 3. The molecule has 0 atom stereocenters. The lowest BCUT2D eigenvalue weighted by molar-refractivity contribution is -0.0497. The first-order chi connectivity index (χ1) is 12.9. The Labute approximate surface area is 155 Å². The number of hydrogen-bond acceptors (Lipinski definition) is 7. The van der Waals surface area contributed by atoms with Crippen LogP contribution in [0.3, 0.4) is 0 Å². The molecule has 0 aliphatic rings. The first-order valence-electron chi connectivity index (χ1n) is 7.27. The van der Waals surface area contributed by atoms with Crippen molar-refractivity contribution in [2.45, 2.75) is 13.2 Å². The van der Waals surface area contributed by atoms with Gasteiger partial charge >= 0.3 is 18.6 Å². The van der Waals surface area contributed by atoms with Crippen molar-refractivity contribution in [3.63, 3.8) is 0 Å². The number of hydrogen-bond donors (Lipinski definition) is 1. The number of carboxylic acid groups (broad SMARTS) is 1. The average Bonchev–Trinajstić information content (AvgIpc) is 3.11. The molecule has 1 aromatic carbocycles. The Morgan fingerprint density at radius 2 is 2.15 bits per heavy atom. The van der Waals surface area contributed by atoms with E-state index in [0.717, 1.165) is 0 Å². The molecule has 3 rings (SSSR count).